The molecule has 0 saturated heterocycles. The van der Waals surface area contributed by atoms with E-state index in [4.69, 9.17) is 9.72 Å². The van der Waals surface area contributed by atoms with Gasteiger partial charge in [-0.1, -0.05) is 125 Å². The summed E-state index contributed by atoms with van der Waals surface area (Å²) in [6.45, 7) is 29.4. The van der Waals surface area contributed by atoms with Crippen molar-refractivity contribution < 1.29 is 25.8 Å². The molecule has 5 nitrogen and oxygen atoms in total. The van der Waals surface area contributed by atoms with E-state index in [-0.39, 0.29) is 42.7 Å². The standard InChI is InChI=1S/C54H59N4O.Pt/c1-13-54(12,14-2)38-18-17-19-40(28-38)56-35-57(48-21-16-15-20-47(48)56)41-29-39(53(9,10)11)30-43(33-41)59-42-23-24-44-45-31-36(51(3,4)5)22-25-46(45)58(49(44)34-42)50-32-37(26-27-55-50)52(6,7)8;/h15-32,35H,13-14H2,1-12H3;/q-3;. The molecule has 0 radical (unpaired) electrons. The minimum absolute atomic E-state index is 0. The monoisotopic (exact) mass is 974 g/mol. The predicted molar refractivity (Wildman–Crippen MR) is 248 cm³/mol. The largest absolute Gasteiger partial charge is 0.509 e. The summed E-state index contributed by atoms with van der Waals surface area (Å²) in [4.78, 5) is 9.48. The minimum Gasteiger partial charge on any atom is -0.509 e. The van der Waals surface area contributed by atoms with Gasteiger partial charge >= 0.3 is 0 Å². The second-order valence-corrected chi connectivity index (χ2v) is 19.7. The topological polar surface area (TPSA) is 33.5 Å². The van der Waals surface area contributed by atoms with Gasteiger partial charge in [-0.3, -0.25) is 0 Å². The van der Waals surface area contributed by atoms with Gasteiger partial charge in [0.2, 0.25) is 0 Å². The number of rotatable bonds is 8. The van der Waals surface area contributed by atoms with E-state index in [0.717, 1.165) is 63.4 Å². The molecular weight excluding hydrogens is 916 g/mol. The van der Waals surface area contributed by atoms with E-state index < -0.39 is 0 Å². The molecule has 0 spiro atoms. The van der Waals surface area contributed by atoms with Crippen LogP contribution in [0.25, 0.3) is 27.6 Å². The predicted octanol–water partition coefficient (Wildman–Crippen LogP) is 14.9. The molecule has 2 aromatic heterocycles. The number of fused-ring (bicyclic) bond motifs is 4. The molecule has 0 aliphatic carbocycles. The van der Waals surface area contributed by atoms with Gasteiger partial charge in [0.1, 0.15) is 5.82 Å². The van der Waals surface area contributed by atoms with Crippen LogP contribution < -0.4 is 14.5 Å². The van der Waals surface area contributed by atoms with E-state index in [1.54, 1.807) is 0 Å². The molecule has 1 aliphatic rings. The van der Waals surface area contributed by atoms with E-state index in [1.807, 2.05) is 12.3 Å². The third-order valence-corrected chi connectivity index (χ3v) is 12.5. The average Bonchev–Trinajstić information content (AvgIpc) is 3.75. The molecule has 0 N–H and O–H groups in total. The molecular formula is C54H59N4OPt-3. The molecule has 60 heavy (non-hydrogen) atoms. The number of para-hydroxylation sites is 2. The fourth-order valence-electron chi connectivity index (χ4n) is 8.16. The average molecular weight is 975 g/mol. The van der Waals surface area contributed by atoms with Crippen molar-refractivity contribution in [1.82, 2.24) is 9.55 Å². The number of pyridine rings is 1. The van der Waals surface area contributed by atoms with Crippen molar-refractivity contribution in [3.8, 4) is 17.3 Å². The molecule has 0 saturated carbocycles. The summed E-state index contributed by atoms with van der Waals surface area (Å²) >= 11 is 0. The third-order valence-electron chi connectivity index (χ3n) is 12.5. The maximum Gasteiger partial charge on any atom is 0.135 e. The summed E-state index contributed by atoms with van der Waals surface area (Å²) in [5.41, 5.74) is 11.3. The van der Waals surface area contributed by atoms with Crippen molar-refractivity contribution in [1.29, 1.82) is 0 Å². The SMILES string of the molecule is CCC(C)(CC)c1cccc(N2[CH-]N(c3[c-]c(Oc4[c-]c5c(cc4)c4cc(C(C)(C)C)ccc4n5-c4cc(C(C)(C)C)ccn4)cc(C(C)(C)C)c3)c3ccccc32)c1.[Pt]. The maximum absolute atomic E-state index is 6.84. The van der Waals surface area contributed by atoms with Crippen LogP contribution in [0, 0.1) is 18.8 Å². The van der Waals surface area contributed by atoms with Crippen molar-refractivity contribution in [3.05, 3.63) is 150 Å². The maximum atomic E-state index is 6.84. The zero-order chi connectivity index (χ0) is 42.1. The zero-order valence-electron chi connectivity index (χ0n) is 37.4. The number of benzene rings is 5. The normalized spacial score (nSPS) is 13.5. The summed E-state index contributed by atoms with van der Waals surface area (Å²) in [5.74, 6) is 2.13. The van der Waals surface area contributed by atoms with Gasteiger partial charge in [0, 0.05) is 61.3 Å². The first kappa shape index (κ1) is 43.2. The Balaban J connectivity index is 0.00000544. The van der Waals surface area contributed by atoms with Crippen LogP contribution in [0.4, 0.5) is 22.7 Å². The van der Waals surface area contributed by atoms with E-state index in [1.165, 1.54) is 22.1 Å². The first-order chi connectivity index (χ1) is 27.9. The van der Waals surface area contributed by atoms with Gasteiger partial charge in [0.05, 0.1) is 0 Å². The second-order valence-electron chi connectivity index (χ2n) is 19.7. The molecule has 314 valence electrons. The van der Waals surface area contributed by atoms with Gasteiger partial charge in [0.15, 0.2) is 0 Å². The molecule has 0 atom stereocenters. The number of hydrogen-bond donors (Lipinski definition) is 0. The summed E-state index contributed by atoms with van der Waals surface area (Å²) in [7, 11) is 0. The molecule has 3 heterocycles. The molecule has 7 aromatic rings. The van der Waals surface area contributed by atoms with Crippen LogP contribution in [0.1, 0.15) is 118 Å². The first-order valence-electron chi connectivity index (χ1n) is 21.2. The Kier molecular flexibility index (Phi) is 11.4. The van der Waals surface area contributed by atoms with Crippen molar-refractivity contribution in [3.63, 3.8) is 0 Å². The van der Waals surface area contributed by atoms with Crippen molar-refractivity contribution in [2.45, 2.75) is 118 Å². The fourth-order valence-corrected chi connectivity index (χ4v) is 8.16. The van der Waals surface area contributed by atoms with E-state index in [0.29, 0.717) is 11.5 Å². The quantitative estimate of drug-likeness (QED) is 0.142. The second kappa shape index (κ2) is 15.9. The molecule has 1 aliphatic heterocycles. The van der Waals surface area contributed by atoms with E-state index in [9.17, 15) is 0 Å². The van der Waals surface area contributed by atoms with Crippen molar-refractivity contribution in [2.75, 3.05) is 9.80 Å². The van der Waals surface area contributed by atoms with Crippen LogP contribution in [-0.2, 0) is 42.7 Å². The van der Waals surface area contributed by atoms with Gasteiger partial charge in [0.25, 0.3) is 0 Å². The molecule has 6 heteroatoms. The van der Waals surface area contributed by atoms with Crippen LogP contribution >= 0.6 is 0 Å². The molecule has 0 bridgehead atoms. The van der Waals surface area contributed by atoms with Gasteiger partial charge < -0.3 is 19.1 Å². The van der Waals surface area contributed by atoms with Crippen LogP contribution in [0.15, 0.2) is 109 Å². The van der Waals surface area contributed by atoms with Gasteiger partial charge in [-0.25, -0.2) is 4.98 Å². The molecule has 0 fully saturated rings. The van der Waals surface area contributed by atoms with E-state index in [2.05, 4.69) is 213 Å². The summed E-state index contributed by atoms with van der Waals surface area (Å²) in [5, 5.41) is 2.29. The number of anilines is 4. The Morgan fingerprint density at radius 2 is 1.25 bits per heavy atom. The van der Waals surface area contributed by atoms with Crippen LogP contribution in [0.3, 0.4) is 0 Å². The number of ether oxygens (including phenoxy) is 1. The molecule has 8 rings (SSSR count). The first-order valence-corrected chi connectivity index (χ1v) is 21.2. The number of aromatic nitrogens is 2. The van der Waals surface area contributed by atoms with Crippen LogP contribution in [0.5, 0.6) is 11.5 Å². The molecule has 0 unspecified atom stereocenters. The van der Waals surface area contributed by atoms with Crippen LogP contribution in [0.2, 0.25) is 0 Å². The fraction of sp³-hybridized carbons (Fsp3) is 0.333. The Hall–Kier alpha value is -4.86. The van der Waals surface area contributed by atoms with Crippen LogP contribution in [-0.4, -0.2) is 9.55 Å². The Labute approximate surface area is 373 Å². The number of nitrogens with zero attached hydrogens (tertiary/aromatic N) is 4. The number of hydrogen-bond acceptors (Lipinski definition) is 4. The van der Waals surface area contributed by atoms with Crippen molar-refractivity contribution in [2.24, 2.45) is 0 Å². The molecule has 5 aromatic carbocycles. The Bertz CT molecular complexity index is 2680. The Morgan fingerprint density at radius 3 is 1.92 bits per heavy atom. The Morgan fingerprint density at radius 1 is 0.583 bits per heavy atom. The van der Waals surface area contributed by atoms with Gasteiger partial charge in [-0.2, -0.15) is 6.07 Å². The van der Waals surface area contributed by atoms with Gasteiger partial charge in [-0.05, 0) is 99.0 Å². The van der Waals surface area contributed by atoms with Crippen molar-refractivity contribution >= 4 is 44.6 Å². The zero-order valence-corrected chi connectivity index (χ0v) is 39.7. The smallest absolute Gasteiger partial charge is 0.135 e. The minimum atomic E-state index is -0.144. The summed E-state index contributed by atoms with van der Waals surface area (Å²) in [6, 6.07) is 44.8. The van der Waals surface area contributed by atoms with Gasteiger partial charge in [-0.15, -0.1) is 53.6 Å². The molecule has 0 amide bonds. The summed E-state index contributed by atoms with van der Waals surface area (Å²) < 4.78 is 9.08. The third kappa shape index (κ3) is 8.03. The summed E-state index contributed by atoms with van der Waals surface area (Å²) in [6.07, 6.45) is 4.09. The van der Waals surface area contributed by atoms with E-state index >= 15 is 0 Å².